The van der Waals surface area contributed by atoms with E-state index in [0.29, 0.717) is 0 Å². The summed E-state index contributed by atoms with van der Waals surface area (Å²) in [5.74, 6) is 1.20. The SMILES string of the molecule is CCN(CC)C1CCN(CCSc2ccccc2)C1. The van der Waals surface area contributed by atoms with Crippen molar-refractivity contribution in [3.63, 3.8) is 0 Å². The molecule has 0 N–H and O–H groups in total. The Bertz CT molecular complexity index is 351. The second-order valence-corrected chi connectivity index (χ2v) is 6.29. The van der Waals surface area contributed by atoms with Crippen LogP contribution in [0, 0.1) is 0 Å². The Kier molecular flexibility index (Phi) is 6.21. The van der Waals surface area contributed by atoms with Gasteiger partial charge < -0.3 is 4.90 Å². The first-order valence-corrected chi connectivity index (χ1v) is 8.46. The van der Waals surface area contributed by atoms with E-state index in [1.807, 2.05) is 11.8 Å². The Morgan fingerprint density at radius 1 is 1.21 bits per heavy atom. The van der Waals surface area contributed by atoms with Gasteiger partial charge in [-0.2, -0.15) is 0 Å². The molecule has 1 aromatic rings. The summed E-state index contributed by atoms with van der Waals surface area (Å²) in [6, 6.07) is 11.5. The van der Waals surface area contributed by atoms with Crippen LogP contribution in [0.2, 0.25) is 0 Å². The Balaban J connectivity index is 1.68. The van der Waals surface area contributed by atoms with E-state index in [-0.39, 0.29) is 0 Å². The lowest BCUT2D eigenvalue weighted by atomic mass is 10.2. The second kappa shape index (κ2) is 7.93. The molecule has 1 fully saturated rings. The topological polar surface area (TPSA) is 6.48 Å². The van der Waals surface area contributed by atoms with Gasteiger partial charge in [-0.05, 0) is 38.2 Å². The summed E-state index contributed by atoms with van der Waals surface area (Å²) in [4.78, 5) is 6.62. The smallest absolute Gasteiger partial charge is 0.0235 e. The number of likely N-dealkylation sites (tertiary alicyclic amines) is 1. The summed E-state index contributed by atoms with van der Waals surface area (Å²) in [5, 5.41) is 0. The first-order valence-electron chi connectivity index (χ1n) is 7.47. The molecule has 19 heavy (non-hydrogen) atoms. The van der Waals surface area contributed by atoms with Crippen molar-refractivity contribution in [3.05, 3.63) is 30.3 Å². The molecule has 1 aromatic carbocycles. The molecule has 0 radical (unpaired) electrons. The third-order valence-corrected chi connectivity index (χ3v) is 4.99. The van der Waals surface area contributed by atoms with Crippen LogP contribution < -0.4 is 0 Å². The van der Waals surface area contributed by atoms with Crippen LogP contribution in [-0.2, 0) is 0 Å². The molecule has 0 saturated carbocycles. The van der Waals surface area contributed by atoms with Gasteiger partial charge in [0.25, 0.3) is 0 Å². The Labute approximate surface area is 122 Å². The quantitative estimate of drug-likeness (QED) is 0.707. The van der Waals surface area contributed by atoms with Crippen LogP contribution in [0.3, 0.4) is 0 Å². The molecule has 0 amide bonds. The van der Waals surface area contributed by atoms with Crippen molar-refractivity contribution in [2.24, 2.45) is 0 Å². The van der Waals surface area contributed by atoms with Crippen molar-refractivity contribution in [2.75, 3.05) is 38.5 Å². The van der Waals surface area contributed by atoms with E-state index in [2.05, 4.69) is 54.0 Å². The molecule has 0 spiro atoms. The van der Waals surface area contributed by atoms with Gasteiger partial charge in [0, 0.05) is 29.8 Å². The molecular formula is C16H26N2S. The minimum Gasteiger partial charge on any atom is -0.301 e. The maximum absolute atomic E-state index is 2.62. The van der Waals surface area contributed by atoms with Crippen LogP contribution in [-0.4, -0.2) is 54.3 Å². The van der Waals surface area contributed by atoms with E-state index in [9.17, 15) is 0 Å². The van der Waals surface area contributed by atoms with E-state index < -0.39 is 0 Å². The van der Waals surface area contributed by atoms with Gasteiger partial charge in [-0.25, -0.2) is 0 Å². The van der Waals surface area contributed by atoms with Gasteiger partial charge in [0.2, 0.25) is 0 Å². The van der Waals surface area contributed by atoms with E-state index in [4.69, 9.17) is 0 Å². The Hall–Kier alpha value is -0.510. The number of likely N-dealkylation sites (N-methyl/N-ethyl adjacent to an activating group) is 1. The van der Waals surface area contributed by atoms with Crippen LogP contribution in [0.25, 0.3) is 0 Å². The third kappa shape index (κ3) is 4.51. The van der Waals surface area contributed by atoms with Crippen LogP contribution in [0.4, 0.5) is 0 Å². The first-order chi connectivity index (χ1) is 9.33. The highest BCUT2D eigenvalue weighted by Crippen LogP contribution is 2.19. The van der Waals surface area contributed by atoms with Gasteiger partial charge in [0.1, 0.15) is 0 Å². The number of rotatable bonds is 7. The van der Waals surface area contributed by atoms with Crippen molar-refractivity contribution in [1.29, 1.82) is 0 Å². The standard InChI is InChI=1S/C16H26N2S/c1-3-18(4-2)15-10-11-17(14-15)12-13-19-16-8-6-5-7-9-16/h5-9,15H,3-4,10-14H2,1-2H3. The molecule has 1 heterocycles. The molecule has 3 heteroatoms. The highest BCUT2D eigenvalue weighted by Gasteiger charge is 2.25. The normalized spacial score (nSPS) is 20.3. The lowest BCUT2D eigenvalue weighted by molar-refractivity contribution is 0.213. The van der Waals surface area contributed by atoms with Crippen LogP contribution >= 0.6 is 11.8 Å². The van der Waals surface area contributed by atoms with Crippen LogP contribution in [0.5, 0.6) is 0 Å². The molecule has 0 bridgehead atoms. The van der Waals surface area contributed by atoms with Gasteiger partial charge in [0.15, 0.2) is 0 Å². The molecule has 1 aliphatic rings. The van der Waals surface area contributed by atoms with Crippen LogP contribution in [0.1, 0.15) is 20.3 Å². The fourth-order valence-electron chi connectivity index (χ4n) is 2.86. The first kappa shape index (κ1) is 14.9. The summed E-state index contributed by atoms with van der Waals surface area (Å²) in [7, 11) is 0. The highest BCUT2D eigenvalue weighted by atomic mass is 32.2. The molecule has 2 nitrogen and oxygen atoms in total. The van der Waals surface area contributed by atoms with Gasteiger partial charge in [-0.3, -0.25) is 4.90 Å². The van der Waals surface area contributed by atoms with E-state index in [1.54, 1.807) is 0 Å². The van der Waals surface area contributed by atoms with E-state index in [1.165, 1.54) is 49.8 Å². The number of hydrogen-bond acceptors (Lipinski definition) is 3. The largest absolute Gasteiger partial charge is 0.301 e. The van der Waals surface area contributed by atoms with Gasteiger partial charge in [-0.15, -0.1) is 11.8 Å². The Morgan fingerprint density at radius 2 is 1.95 bits per heavy atom. The average molecular weight is 278 g/mol. The zero-order valence-corrected chi connectivity index (χ0v) is 13.0. The van der Waals surface area contributed by atoms with Crippen molar-refractivity contribution in [2.45, 2.75) is 31.2 Å². The molecule has 0 aromatic heterocycles. The molecule has 1 unspecified atom stereocenters. The zero-order chi connectivity index (χ0) is 13.5. The van der Waals surface area contributed by atoms with Crippen molar-refractivity contribution >= 4 is 11.8 Å². The monoisotopic (exact) mass is 278 g/mol. The van der Waals surface area contributed by atoms with Crippen molar-refractivity contribution < 1.29 is 0 Å². The molecule has 106 valence electrons. The summed E-state index contributed by atoms with van der Waals surface area (Å²) in [6.07, 6.45) is 1.34. The van der Waals surface area contributed by atoms with Gasteiger partial charge >= 0.3 is 0 Å². The van der Waals surface area contributed by atoms with Gasteiger partial charge in [0.05, 0.1) is 0 Å². The van der Waals surface area contributed by atoms with Crippen LogP contribution in [0.15, 0.2) is 35.2 Å². The zero-order valence-electron chi connectivity index (χ0n) is 12.2. The van der Waals surface area contributed by atoms with Crippen molar-refractivity contribution in [1.82, 2.24) is 9.80 Å². The van der Waals surface area contributed by atoms with E-state index in [0.717, 1.165) is 6.04 Å². The molecule has 2 rings (SSSR count). The average Bonchev–Trinajstić information content (AvgIpc) is 2.90. The molecule has 1 aliphatic heterocycles. The number of nitrogens with zero attached hydrogens (tertiary/aromatic N) is 2. The second-order valence-electron chi connectivity index (χ2n) is 5.13. The molecule has 0 aliphatic carbocycles. The maximum atomic E-state index is 2.62. The summed E-state index contributed by atoms with van der Waals surface area (Å²) < 4.78 is 0. The molecular weight excluding hydrogens is 252 g/mol. The minimum atomic E-state index is 0.789. The van der Waals surface area contributed by atoms with Gasteiger partial charge in [-0.1, -0.05) is 32.0 Å². The summed E-state index contributed by atoms with van der Waals surface area (Å²) in [5.41, 5.74) is 0. The third-order valence-electron chi connectivity index (χ3n) is 4.00. The lowest BCUT2D eigenvalue weighted by Crippen LogP contribution is -2.37. The molecule has 1 atom stereocenters. The number of benzene rings is 1. The number of hydrogen-bond donors (Lipinski definition) is 0. The fraction of sp³-hybridized carbons (Fsp3) is 0.625. The summed E-state index contributed by atoms with van der Waals surface area (Å²) >= 11 is 1.97. The Morgan fingerprint density at radius 3 is 2.63 bits per heavy atom. The lowest BCUT2D eigenvalue weighted by Gasteiger charge is -2.26. The predicted octanol–water partition coefficient (Wildman–Crippen LogP) is 3.19. The highest BCUT2D eigenvalue weighted by molar-refractivity contribution is 7.99. The minimum absolute atomic E-state index is 0.789. The predicted molar refractivity (Wildman–Crippen MR) is 84.9 cm³/mol. The van der Waals surface area contributed by atoms with E-state index >= 15 is 0 Å². The summed E-state index contributed by atoms with van der Waals surface area (Å²) in [6.45, 7) is 10.7. The molecule has 1 saturated heterocycles. The maximum Gasteiger partial charge on any atom is 0.0235 e. The van der Waals surface area contributed by atoms with Crippen molar-refractivity contribution in [3.8, 4) is 0 Å². The number of thioether (sulfide) groups is 1. The fourth-order valence-corrected chi connectivity index (χ4v) is 3.80.